The molecule has 0 heterocycles. The highest BCUT2D eigenvalue weighted by atomic mass is 16.5. The van der Waals surface area contributed by atoms with Crippen molar-refractivity contribution in [3.8, 4) is 0 Å². The van der Waals surface area contributed by atoms with E-state index in [1.807, 2.05) is 0 Å². The minimum Gasteiger partial charge on any atom is -0.461 e. The fourth-order valence-electron chi connectivity index (χ4n) is 3.89. The van der Waals surface area contributed by atoms with Crippen LogP contribution in [-0.4, -0.2) is 17.9 Å². The number of esters is 1. The van der Waals surface area contributed by atoms with E-state index in [4.69, 9.17) is 4.74 Å². The number of ether oxygens (including phenoxy) is 1. The Kier molecular flexibility index (Phi) is 8.18. The second-order valence-corrected chi connectivity index (χ2v) is 8.37. The largest absolute Gasteiger partial charge is 0.461 e. The van der Waals surface area contributed by atoms with E-state index in [1.54, 1.807) is 0 Å². The topological polar surface area (TPSA) is 43.4 Å². The third-order valence-electron chi connectivity index (χ3n) is 5.22. The Morgan fingerprint density at radius 1 is 1.17 bits per heavy atom. The van der Waals surface area contributed by atoms with Crippen molar-refractivity contribution in [2.45, 2.75) is 80.3 Å². The van der Waals surface area contributed by atoms with E-state index >= 15 is 0 Å². The van der Waals surface area contributed by atoms with Crippen molar-refractivity contribution < 1.29 is 14.3 Å². The van der Waals surface area contributed by atoms with E-state index in [-0.39, 0.29) is 35.6 Å². The molecule has 0 aliphatic heterocycles. The molecule has 24 heavy (non-hydrogen) atoms. The molecule has 0 unspecified atom stereocenters. The first kappa shape index (κ1) is 20.9. The minimum absolute atomic E-state index is 0.0744. The van der Waals surface area contributed by atoms with Gasteiger partial charge in [-0.2, -0.15) is 0 Å². The standard InChI is InChI=1S/C21H36O3/c1-13(2)9-8-10-16(7)17-11-12-18(22)19(17)21(23)24-20(14(3)4)15(5)6/h9,14-17,19-20H,8,10-12H2,1-7H3/t16-,17-,19-/m1/s1. The molecule has 0 bridgehead atoms. The van der Waals surface area contributed by atoms with Gasteiger partial charge in [0.1, 0.15) is 17.8 Å². The first-order chi connectivity index (χ1) is 11.1. The van der Waals surface area contributed by atoms with Crippen LogP contribution in [0.25, 0.3) is 0 Å². The van der Waals surface area contributed by atoms with Crippen LogP contribution in [0.15, 0.2) is 11.6 Å². The minimum atomic E-state index is -0.549. The summed E-state index contributed by atoms with van der Waals surface area (Å²) in [5.74, 6) is 0.260. The van der Waals surface area contributed by atoms with Crippen LogP contribution in [-0.2, 0) is 14.3 Å². The van der Waals surface area contributed by atoms with Gasteiger partial charge in [-0.1, -0.05) is 46.3 Å². The Hall–Kier alpha value is -1.12. The van der Waals surface area contributed by atoms with Crippen molar-refractivity contribution in [3.63, 3.8) is 0 Å². The van der Waals surface area contributed by atoms with Crippen LogP contribution in [0.2, 0.25) is 0 Å². The van der Waals surface area contributed by atoms with Gasteiger partial charge in [-0.05, 0) is 56.8 Å². The summed E-state index contributed by atoms with van der Waals surface area (Å²) in [6.07, 6.45) is 5.48. The average Bonchev–Trinajstić information content (AvgIpc) is 2.85. The maximum atomic E-state index is 12.7. The van der Waals surface area contributed by atoms with E-state index in [9.17, 15) is 9.59 Å². The summed E-state index contributed by atoms with van der Waals surface area (Å²) in [4.78, 5) is 25.0. The zero-order valence-corrected chi connectivity index (χ0v) is 16.6. The Morgan fingerprint density at radius 2 is 1.75 bits per heavy atom. The van der Waals surface area contributed by atoms with Crippen LogP contribution in [0, 0.1) is 29.6 Å². The first-order valence-electron chi connectivity index (χ1n) is 9.51. The van der Waals surface area contributed by atoms with Crippen LogP contribution in [0.5, 0.6) is 0 Å². The molecule has 0 aromatic rings. The van der Waals surface area contributed by atoms with Gasteiger partial charge in [0, 0.05) is 6.42 Å². The SMILES string of the molecule is CC(C)=CCC[C@@H](C)[C@H]1CCC(=O)[C@@H]1C(=O)OC(C(C)C)C(C)C. The summed E-state index contributed by atoms with van der Waals surface area (Å²) in [5, 5.41) is 0. The molecule has 0 spiro atoms. The molecule has 1 rings (SSSR count). The number of carbonyl (C=O) groups excluding carboxylic acids is 2. The predicted molar refractivity (Wildman–Crippen MR) is 98.6 cm³/mol. The van der Waals surface area contributed by atoms with Crippen LogP contribution in [0.1, 0.15) is 74.1 Å². The lowest BCUT2D eigenvalue weighted by Gasteiger charge is -2.29. The molecule has 138 valence electrons. The van der Waals surface area contributed by atoms with Gasteiger partial charge in [-0.25, -0.2) is 0 Å². The normalized spacial score (nSPS) is 22.3. The highest BCUT2D eigenvalue weighted by Crippen LogP contribution is 2.38. The molecule has 3 nitrogen and oxygen atoms in total. The second-order valence-electron chi connectivity index (χ2n) is 8.37. The lowest BCUT2D eigenvalue weighted by atomic mass is 9.82. The fraction of sp³-hybridized carbons (Fsp3) is 0.810. The van der Waals surface area contributed by atoms with Crippen molar-refractivity contribution in [2.75, 3.05) is 0 Å². The van der Waals surface area contributed by atoms with Crippen molar-refractivity contribution in [3.05, 3.63) is 11.6 Å². The number of carbonyl (C=O) groups is 2. The summed E-state index contributed by atoms with van der Waals surface area (Å²) >= 11 is 0. The Morgan fingerprint density at radius 3 is 2.25 bits per heavy atom. The first-order valence-corrected chi connectivity index (χ1v) is 9.51. The number of Topliss-reactive ketones (excluding diaryl/α,β-unsaturated/α-hetero) is 1. The summed E-state index contributed by atoms with van der Waals surface area (Å²) in [7, 11) is 0. The van der Waals surface area contributed by atoms with E-state index in [1.165, 1.54) is 5.57 Å². The molecular formula is C21H36O3. The van der Waals surface area contributed by atoms with Gasteiger partial charge in [-0.15, -0.1) is 0 Å². The van der Waals surface area contributed by atoms with E-state index in [2.05, 4.69) is 54.5 Å². The zero-order valence-electron chi connectivity index (χ0n) is 16.6. The highest BCUT2D eigenvalue weighted by Gasteiger charge is 2.44. The van der Waals surface area contributed by atoms with E-state index in [0.717, 1.165) is 19.3 Å². The molecule has 1 fully saturated rings. The molecule has 3 heteroatoms. The molecule has 0 saturated heterocycles. The molecule has 0 amide bonds. The predicted octanol–water partition coefficient (Wildman–Crippen LogP) is 5.19. The van der Waals surface area contributed by atoms with Gasteiger partial charge in [0.2, 0.25) is 0 Å². The van der Waals surface area contributed by atoms with Crippen LogP contribution in [0.3, 0.4) is 0 Å². The van der Waals surface area contributed by atoms with Gasteiger partial charge in [-0.3, -0.25) is 9.59 Å². The Bertz CT molecular complexity index is 450. The molecule has 0 aromatic heterocycles. The second kappa shape index (κ2) is 9.39. The van der Waals surface area contributed by atoms with Gasteiger partial charge in [0.05, 0.1) is 0 Å². The van der Waals surface area contributed by atoms with Crippen molar-refractivity contribution >= 4 is 11.8 Å². The van der Waals surface area contributed by atoms with E-state index in [0.29, 0.717) is 12.3 Å². The number of hydrogen-bond acceptors (Lipinski definition) is 3. The molecule has 1 aliphatic rings. The number of hydrogen-bond donors (Lipinski definition) is 0. The maximum absolute atomic E-state index is 12.7. The molecule has 1 saturated carbocycles. The summed E-state index contributed by atoms with van der Waals surface area (Å²) in [5.41, 5.74) is 1.32. The van der Waals surface area contributed by atoms with Crippen molar-refractivity contribution in [1.82, 2.24) is 0 Å². The number of ketones is 1. The third kappa shape index (κ3) is 5.75. The molecule has 0 radical (unpaired) electrons. The Balaban J connectivity index is 2.76. The molecule has 0 aromatic carbocycles. The van der Waals surface area contributed by atoms with Crippen molar-refractivity contribution in [2.24, 2.45) is 29.6 Å². The molecule has 0 N–H and O–H groups in total. The zero-order chi connectivity index (χ0) is 18.4. The smallest absolute Gasteiger partial charge is 0.317 e. The van der Waals surface area contributed by atoms with Gasteiger partial charge >= 0.3 is 5.97 Å². The maximum Gasteiger partial charge on any atom is 0.317 e. The summed E-state index contributed by atoms with van der Waals surface area (Å²) in [6.45, 7) is 14.6. The summed E-state index contributed by atoms with van der Waals surface area (Å²) in [6, 6.07) is 0. The lowest BCUT2D eigenvalue weighted by Crippen LogP contribution is -2.36. The van der Waals surface area contributed by atoms with Crippen molar-refractivity contribution in [1.29, 1.82) is 0 Å². The average molecular weight is 337 g/mol. The lowest BCUT2D eigenvalue weighted by molar-refractivity contribution is -0.162. The molecule has 1 aliphatic carbocycles. The highest BCUT2D eigenvalue weighted by molar-refractivity contribution is 6.01. The molecular weight excluding hydrogens is 300 g/mol. The Labute approximate surface area is 148 Å². The monoisotopic (exact) mass is 336 g/mol. The van der Waals surface area contributed by atoms with Gasteiger partial charge in [0.15, 0.2) is 0 Å². The molecule has 3 atom stereocenters. The van der Waals surface area contributed by atoms with Crippen LogP contribution >= 0.6 is 0 Å². The number of rotatable bonds is 8. The quantitative estimate of drug-likeness (QED) is 0.348. The fourth-order valence-corrected chi connectivity index (χ4v) is 3.89. The van der Waals surface area contributed by atoms with Gasteiger partial charge < -0.3 is 4.74 Å². The summed E-state index contributed by atoms with van der Waals surface area (Å²) < 4.78 is 5.78. The van der Waals surface area contributed by atoms with E-state index < -0.39 is 5.92 Å². The van der Waals surface area contributed by atoms with Crippen LogP contribution in [0.4, 0.5) is 0 Å². The van der Waals surface area contributed by atoms with Gasteiger partial charge in [0.25, 0.3) is 0 Å². The number of allylic oxidation sites excluding steroid dienone is 2. The third-order valence-corrected chi connectivity index (χ3v) is 5.22. The van der Waals surface area contributed by atoms with Crippen LogP contribution < -0.4 is 0 Å².